The minimum Gasteiger partial charge on any atom is -0.326 e. The van der Waals surface area contributed by atoms with Crippen molar-refractivity contribution >= 4 is 10.0 Å². The lowest BCUT2D eigenvalue weighted by Crippen LogP contribution is -2.31. The summed E-state index contributed by atoms with van der Waals surface area (Å²) in [5.41, 5.74) is 8.60. The number of benzene rings is 1. The van der Waals surface area contributed by atoms with Crippen molar-refractivity contribution in [2.75, 3.05) is 6.54 Å². The first kappa shape index (κ1) is 16.5. The quantitative estimate of drug-likeness (QED) is 0.813. The molecule has 2 rings (SSSR count). The third-order valence-electron chi connectivity index (χ3n) is 4.52. The summed E-state index contributed by atoms with van der Waals surface area (Å²) in [6.45, 7) is 6.84. The summed E-state index contributed by atoms with van der Waals surface area (Å²) in [5, 5.41) is 0. The van der Waals surface area contributed by atoms with E-state index in [1.54, 1.807) is 6.07 Å². The fourth-order valence-electron chi connectivity index (χ4n) is 2.93. The van der Waals surface area contributed by atoms with E-state index in [4.69, 9.17) is 5.73 Å². The Bertz CT molecular complexity index is 619. The zero-order valence-electron chi connectivity index (χ0n) is 13.2. The number of aryl methyl sites for hydroxylation is 2. The van der Waals surface area contributed by atoms with Gasteiger partial charge < -0.3 is 5.73 Å². The van der Waals surface area contributed by atoms with E-state index in [0.717, 1.165) is 42.4 Å². The summed E-state index contributed by atoms with van der Waals surface area (Å²) >= 11 is 0. The standard InChI is InChI=1S/C16H26N2O2S/c1-4-5-16(6-7-16)11-18-21(19,20)15-9-14(10-17)12(2)8-13(15)3/h8-9,18H,4-7,10-11,17H2,1-3H3. The average molecular weight is 310 g/mol. The van der Waals surface area contributed by atoms with Gasteiger partial charge in [0, 0.05) is 13.1 Å². The number of sulfonamides is 1. The van der Waals surface area contributed by atoms with Crippen LogP contribution in [-0.4, -0.2) is 15.0 Å². The number of nitrogens with one attached hydrogen (secondary N) is 1. The molecule has 1 saturated carbocycles. The Labute approximate surface area is 128 Å². The van der Waals surface area contributed by atoms with Crippen molar-refractivity contribution in [1.82, 2.24) is 4.72 Å². The first-order valence-corrected chi connectivity index (χ1v) is 9.12. The van der Waals surface area contributed by atoms with E-state index in [-0.39, 0.29) is 5.41 Å². The molecule has 0 heterocycles. The Kier molecular flexibility index (Phi) is 4.76. The molecule has 0 aromatic heterocycles. The van der Waals surface area contributed by atoms with Crippen molar-refractivity contribution in [3.63, 3.8) is 0 Å². The van der Waals surface area contributed by atoms with Crippen molar-refractivity contribution < 1.29 is 8.42 Å². The molecule has 3 N–H and O–H groups in total. The Balaban J connectivity index is 2.20. The van der Waals surface area contributed by atoms with Crippen molar-refractivity contribution in [2.24, 2.45) is 11.1 Å². The van der Waals surface area contributed by atoms with Gasteiger partial charge in [-0.3, -0.25) is 0 Å². The molecule has 0 radical (unpaired) electrons. The molecule has 1 aliphatic carbocycles. The van der Waals surface area contributed by atoms with E-state index in [2.05, 4.69) is 11.6 Å². The Hall–Kier alpha value is -0.910. The monoisotopic (exact) mass is 310 g/mol. The largest absolute Gasteiger partial charge is 0.326 e. The van der Waals surface area contributed by atoms with Gasteiger partial charge in [0.05, 0.1) is 4.90 Å². The van der Waals surface area contributed by atoms with Gasteiger partial charge >= 0.3 is 0 Å². The maximum absolute atomic E-state index is 12.6. The Morgan fingerprint density at radius 1 is 1.24 bits per heavy atom. The summed E-state index contributed by atoms with van der Waals surface area (Å²) in [7, 11) is -3.46. The van der Waals surface area contributed by atoms with Crippen LogP contribution in [0.3, 0.4) is 0 Å². The summed E-state index contributed by atoms with van der Waals surface area (Å²) in [5.74, 6) is 0. The van der Waals surface area contributed by atoms with E-state index in [1.807, 2.05) is 19.9 Å². The third-order valence-corrected chi connectivity index (χ3v) is 6.06. The van der Waals surface area contributed by atoms with Crippen LogP contribution in [0.15, 0.2) is 17.0 Å². The van der Waals surface area contributed by atoms with Crippen molar-refractivity contribution in [3.05, 3.63) is 28.8 Å². The van der Waals surface area contributed by atoms with Gasteiger partial charge in [-0.1, -0.05) is 19.4 Å². The minimum atomic E-state index is -3.46. The molecule has 0 spiro atoms. The molecular formula is C16H26N2O2S. The molecule has 0 unspecified atom stereocenters. The second kappa shape index (κ2) is 6.07. The lowest BCUT2D eigenvalue weighted by atomic mass is 10.0. The van der Waals surface area contributed by atoms with Crippen LogP contribution >= 0.6 is 0 Å². The second-order valence-electron chi connectivity index (χ2n) is 6.32. The Morgan fingerprint density at radius 2 is 1.90 bits per heavy atom. The molecule has 1 fully saturated rings. The van der Waals surface area contributed by atoms with Gasteiger partial charge in [-0.2, -0.15) is 0 Å². The zero-order chi connectivity index (χ0) is 15.7. The highest BCUT2D eigenvalue weighted by atomic mass is 32.2. The molecule has 4 nitrogen and oxygen atoms in total. The van der Waals surface area contributed by atoms with Crippen LogP contribution < -0.4 is 10.5 Å². The predicted octanol–water partition coefficient (Wildman–Crippen LogP) is 2.62. The van der Waals surface area contributed by atoms with Crippen LogP contribution in [0.2, 0.25) is 0 Å². The van der Waals surface area contributed by atoms with Crippen LogP contribution in [0, 0.1) is 19.3 Å². The third kappa shape index (κ3) is 3.65. The molecule has 0 aliphatic heterocycles. The highest BCUT2D eigenvalue weighted by Crippen LogP contribution is 2.49. The van der Waals surface area contributed by atoms with Gasteiger partial charge in [-0.15, -0.1) is 0 Å². The maximum atomic E-state index is 12.6. The molecule has 21 heavy (non-hydrogen) atoms. The first-order valence-electron chi connectivity index (χ1n) is 7.63. The van der Waals surface area contributed by atoms with Gasteiger partial charge in [-0.25, -0.2) is 13.1 Å². The van der Waals surface area contributed by atoms with Gasteiger partial charge in [0.2, 0.25) is 10.0 Å². The molecule has 5 heteroatoms. The Morgan fingerprint density at radius 3 is 2.43 bits per heavy atom. The zero-order valence-corrected chi connectivity index (χ0v) is 14.0. The number of rotatable bonds is 7. The van der Waals surface area contributed by atoms with Gasteiger partial charge in [0.25, 0.3) is 0 Å². The van der Waals surface area contributed by atoms with E-state index < -0.39 is 10.0 Å². The molecule has 118 valence electrons. The smallest absolute Gasteiger partial charge is 0.240 e. The van der Waals surface area contributed by atoms with Gasteiger partial charge in [0.1, 0.15) is 0 Å². The first-order chi connectivity index (χ1) is 9.83. The lowest BCUT2D eigenvalue weighted by Gasteiger charge is -2.17. The fraction of sp³-hybridized carbons (Fsp3) is 0.625. The van der Waals surface area contributed by atoms with E-state index in [0.29, 0.717) is 18.0 Å². The number of hydrogen-bond acceptors (Lipinski definition) is 3. The molecule has 0 bridgehead atoms. The summed E-state index contributed by atoms with van der Waals surface area (Å²) in [4.78, 5) is 0.362. The summed E-state index contributed by atoms with van der Waals surface area (Å²) < 4.78 is 27.9. The summed E-state index contributed by atoms with van der Waals surface area (Å²) in [6.07, 6.45) is 4.45. The van der Waals surface area contributed by atoms with Crippen molar-refractivity contribution in [2.45, 2.75) is 57.9 Å². The van der Waals surface area contributed by atoms with E-state index >= 15 is 0 Å². The van der Waals surface area contributed by atoms with Crippen molar-refractivity contribution in [3.8, 4) is 0 Å². The molecule has 1 aromatic carbocycles. The molecule has 0 atom stereocenters. The second-order valence-corrected chi connectivity index (χ2v) is 8.06. The molecular weight excluding hydrogens is 284 g/mol. The fourth-order valence-corrected chi connectivity index (χ4v) is 4.36. The van der Waals surface area contributed by atoms with Crippen LogP contribution in [0.5, 0.6) is 0 Å². The maximum Gasteiger partial charge on any atom is 0.240 e. The molecule has 1 aromatic rings. The van der Waals surface area contributed by atoms with Gasteiger partial charge in [0.15, 0.2) is 0 Å². The van der Waals surface area contributed by atoms with E-state index in [1.165, 1.54) is 0 Å². The number of nitrogens with two attached hydrogens (primary N) is 1. The molecule has 0 saturated heterocycles. The minimum absolute atomic E-state index is 0.205. The highest BCUT2D eigenvalue weighted by molar-refractivity contribution is 7.89. The average Bonchev–Trinajstić information content (AvgIpc) is 3.17. The van der Waals surface area contributed by atoms with Crippen molar-refractivity contribution in [1.29, 1.82) is 0 Å². The van der Waals surface area contributed by atoms with Gasteiger partial charge in [-0.05, 0) is 61.3 Å². The molecule has 0 amide bonds. The number of hydrogen-bond donors (Lipinski definition) is 2. The van der Waals surface area contributed by atoms with Crippen LogP contribution in [0.4, 0.5) is 0 Å². The summed E-state index contributed by atoms with van der Waals surface area (Å²) in [6, 6.07) is 3.61. The normalized spacial score (nSPS) is 17.0. The molecule has 1 aliphatic rings. The van der Waals surface area contributed by atoms with Crippen LogP contribution in [0.25, 0.3) is 0 Å². The van der Waals surface area contributed by atoms with Crippen LogP contribution in [-0.2, 0) is 16.6 Å². The lowest BCUT2D eigenvalue weighted by molar-refractivity contribution is 0.449. The SMILES string of the molecule is CCCC1(CNS(=O)(=O)c2cc(CN)c(C)cc2C)CC1. The topological polar surface area (TPSA) is 72.2 Å². The van der Waals surface area contributed by atoms with E-state index in [9.17, 15) is 8.42 Å². The van der Waals surface area contributed by atoms with Crippen LogP contribution in [0.1, 0.15) is 49.3 Å². The highest BCUT2D eigenvalue weighted by Gasteiger charge is 2.42. The predicted molar refractivity (Wildman–Crippen MR) is 85.6 cm³/mol.